The Bertz CT molecular complexity index is 361. The fourth-order valence-corrected chi connectivity index (χ4v) is 1.68. The van der Waals surface area contributed by atoms with E-state index in [0.29, 0.717) is 6.42 Å². The lowest BCUT2D eigenvalue weighted by atomic mass is 9.96. The molecule has 1 unspecified atom stereocenters. The highest BCUT2D eigenvalue weighted by Crippen LogP contribution is 2.23. The van der Waals surface area contributed by atoms with Crippen LogP contribution in [0.1, 0.15) is 38.7 Å². The van der Waals surface area contributed by atoms with Gasteiger partial charge in [0, 0.05) is 0 Å². The van der Waals surface area contributed by atoms with Gasteiger partial charge in [0.2, 0.25) is 5.91 Å². The number of nitrogens with two attached hydrogens (primary N) is 1. The summed E-state index contributed by atoms with van der Waals surface area (Å²) < 4.78 is 5.58. The molecule has 0 aromatic heterocycles. The van der Waals surface area contributed by atoms with Crippen molar-refractivity contribution in [3.05, 3.63) is 29.8 Å². The molecule has 88 valence electrons. The molecular weight excluding hydrogens is 202 g/mol. The van der Waals surface area contributed by atoms with Gasteiger partial charge in [-0.1, -0.05) is 19.1 Å². The Morgan fingerprint density at radius 2 is 2.12 bits per heavy atom. The lowest BCUT2D eigenvalue weighted by Crippen LogP contribution is -2.20. The summed E-state index contributed by atoms with van der Waals surface area (Å²) >= 11 is 0. The molecule has 0 aliphatic carbocycles. The highest BCUT2D eigenvalue weighted by Gasteiger charge is 2.15. The Balaban J connectivity index is 2.92. The van der Waals surface area contributed by atoms with Crippen molar-refractivity contribution in [3.8, 4) is 5.75 Å². The van der Waals surface area contributed by atoms with E-state index in [1.807, 2.05) is 45.0 Å². The van der Waals surface area contributed by atoms with E-state index in [4.69, 9.17) is 10.5 Å². The number of carbonyl (C=O) groups is 1. The minimum atomic E-state index is -0.288. The Hall–Kier alpha value is -1.51. The average molecular weight is 221 g/mol. The van der Waals surface area contributed by atoms with Crippen molar-refractivity contribution in [1.82, 2.24) is 0 Å². The first kappa shape index (κ1) is 12.6. The maximum atomic E-state index is 11.2. The third kappa shape index (κ3) is 3.26. The lowest BCUT2D eigenvalue weighted by Gasteiger charge is -2.14. The van der Waals surface area contributed by atoms with Crippen LogP contribution < -0.4 is 10.5 Å². The lowest BCUT2D eigenvalue weighted by molar-refractivity contribution is -0.119. The summed E-state index contributed by atoms with van der Waals surface area (Å²) in [5.41, 5.74) is 6.28. The molecule has 1 aromatic carbocycles. The van der Waals surface area contributed by atoms with Gasteiger partial charge in [0.05, 0.1) is 12.0 Å². The molecular formula is C13H19NO2. The van der Waals surface area contributed by atoms with Crippen LogP contribution in [0.25, 0.3) is 0 Å². The molecule has 0 bridgehead atoms. The highest BCUT2D eigenvalue weighted by atomic mass is 16.5. The van der Waals surface area contributed by atoms with Crippen molar-refractivity contribution in [2.75, 3.05) is 0 Å². The van der Waals surface area contributed by atoms with Crippen LogP contribution in [0.2, 0.25) is 0 Å². The van der Waals surface area contributed by atoms with E-state index < -0.39 is 0 Å². The number of primary amides is 1. The van der Waals surface area contributed by atoms with E-state index in [1.54, 1.807) is 0 Å². The molecule has 16 heavy (non-hydrogen) atoms. The van der Waals surface area contributed by atoms with Crippen LogP contribution in [0.3, 0.4) is 0 Å². The Labute approximate surface area is 96.6 Å². The monoisotopic (exact) mass is 221 g/mol. The van der Waals surface area contributed by atoms with Gasteiger partial charge in [0.1, 0.15) is 5.75 Å². The second-order valence-electron chi connectivity index (χ2n) is 4.10. The number of rotatable bonds is 5. The second-order valence-corrected chi connectivity index (χ2v) is 4.10. The number of ether oxygens (including phenoxy) is 1. The zero-order valence-electron chi connectivity index (χ0n) is 10.1. The van der Waals surface area contributed by atoms with E-state index >= 15 is 0 Å². The number of carbonyl (C=O) groups excluding carboxylic acids is 1. The van der Waals surface area contributed by atoms with Crippen LogP contribution in [0.4, 0.5) is 0 Å². The van der Waals surface area contributed by atoms with Crippen molar-refractivity contribution < 1.29 is 9.53 Å². The number of hydrogen-bond donors (Lipinski definition) is 1. The summed E-state index contributed by atoms with van der Waals surface area (Å²) in [6, 6.07) is 7.57. The molecule has 1 atom stereocenters. The van der Waals surface area contributed by atoms with E-state index in [0.717, 1.165) is 11.3 Å². The number of amides is 1. The molecule has 0 aliphatic heterocycles. The minimum absolute atomic E-state index is 0.129. The Kier molecular flexibility index (Phi) is 4.35. The van der Waals surface area contributed by atoms with Crippen molar-refractivity contribution >= 4 is 5.91 Å². The average Bonchev–Trinajstić information content (AvgIpc) is 2.17. The zero-order chi connectivity index (χ0) is 12.1. The van der Waals surface area contributed by atoms with E-state index in [-0.39, 0.29) is 17.9 Å². The van der Waals surface area contributed by atoms with Crippen LogP contribution in [0, 0.1) is 0 Å². The summed E-state index contributed by atoms with van der Waals surface area (Å²) in [5, 5.41) is 0. The summed E-state index contributed by atoms with van der Waals surface area (Å²) in [6.07, 6.45) is 0.837. The molecule has 1 rings (SSSR count). The first-order valence-corrected chi connectivity index (χ1v) is 5.60. The van der Waals surface area contributed by atoms with Gasteiger partial charge in [-0.15, -0.1) is 0 Å². The molecule has 0 aliphatic rings. The quantitative estimate of drug-likeness (QED) is 0.830. The molecule has 0 fully saturated rings. The van der Waals surface area contributed by atoms with Crippen molar-refractivity contribution in [2.45, 2.75) is 39.2 Å². The van der Waals surface area contributed by atoms with E-state index in [9.17, 15) is 4.79 Å². The van der Waals surface area contributed by atoms with Gasteiger partial charge in [0.25, 0.3) is 0 Å². The van der Waals surface area contributed by atoms with Crippen molar-refractivity contribution in [1.29, 1.82) is 0 Å². The zero-order valence-corrected chi connectivity index (χ0v) is 10.1. The number of hydrogen-bond acceptors (Lipinski definition) is 2. The van der Waals surface area contributed by atoms with Gasteiger partial charge in [-0.3, -0.25) is 4.79 Å². The van der Waals surface area contributed by atoms with Gasteiger partial charge >= 0.3 is 0 Å². The van der Waals surface area contributed by atoms with Crippen molar-refractivity contribution in [3.63, 3.8) is 0 Å². The second kappa shape index (κ2) is 5.54. The minimum Gasteiger partial charge on any atom is -0.491 e. The molecule has 1 amide bonds. The Morgan fingerprint density at radius 3 is 2.62 bits per heavy atom. The fraction of sp³-hybridized carbons (Fsp3) is 0.462. The normalized spacial score (nSPS) is 12.5. The predicted molar refractivity (Wildman–Crippen MR) is 64.4 cm³/mol. The predicted octanol–water partition coefficient (Wildman–Crippen LogP) is 2.45. The topological polar surface area (TPSA) is 52.3 Å². The van der Waals surface area contributed by atoms with Gasteiger partial charge in [-0.05, 0) is 38.0 Å². The third-order valence-corrected chi connectivity index (χ3v) is 2.38. The van der Waals surface area contributed by atoms with Gasteiger partial charge < -0.3 is 10.5 Å². The van der Waals surface area contributed by atoms with Crippen molar-refractivity contribution in [2.24, 2.45) is 5.73 Å². The molecule has 2 N–H and O–H groups in total. The first-order valence-electron chi connectivity index (χ1n) is 5.60. The summed E-state index contributed by atoms with van der Waals surface area (Å²) in [7, 11) is 0. The number of benzene rings is 1. The van der Waals surface area contributed by atoms with E-state index in [1.165, 1.54) is 0 Å². The summed E-state index contributed by atoms with van der Waals surface area (Å²) in [5.74, 6) is 0.270. The highest BCUT2D eigenvalue weighted by molar-refractivity contribution is 5.81. The van der Waals surface area contributed by atoms with Crippen LogP contribution in [0.5, 0.6) is 5.75 Å². The van der Waals surface area contributed by atoms with Gasteiger partial charge in [-0.2, -0.15) is 0 Å². The van der Waals surface area contributed by atoms with E-state index in [2.05, 4.69) is 0 Å². The smallest absolute Gasteiger partial charge is 0.224 e. The van der Waals surface area contributed by atoms with Crippen LogP contribution in [-0.2, 0) is 4.79 Å². The third-order valence-electron chi connectivity index (χ3n) is 2.38. The van der Waals surface area contributed by atoms with Crippen LogP contribution in [-0.4, -0.2) is 12.0 Å². The first-order chi connectivity index (χ1) is 7.54. The standard InChI is InChI=1S/C13H19NO2/c1-4-12(13(14)15)10-6-5-7-11(8-10)16-9(2)3/h5-9,12H,4H2,1-3H3,(H2,14,15). The maximum absolute atomic E-state index is 11.2. The molecule has 0 radical (unpaired) electrons. The molecule has 3 nitrogen and oxygen atoms in total. The summed E-state index contributed by atoms with van der Waals surface area (Å²) in [4.78, 5) is 11.2. The molecule has 1 aromatic rings. The largest absolute Gasteiger partial charge is 0.491 e. The molecule has 3 heteroatoms. The van der Waals surface area contributed by atoms with Crippen LogP contribution >= 0.6 is 0 Å². The van der Waals surface area contributed by atoms with Crippen LogP contribution in [0.15, 0.2) is 24.3 Å². The molecule has 0 heterocycles. The van der Waals surface area contributed by atoms with Gasteiger partial charge in [-0.25, -0.2) is 0 Å². The maximum Gasteiger partial charge on any atom is 0.224 e. The Morgan fingerprint density at radius 1 is 1.44 bits per heavy atom. The molecule has 0 saturated carbocycles. The molecule has 0 saturated heterocycles. The summed E-state index contributed by atoms with van der Waals surface area (Å²) in [6.45, 7) is 5.89. The van der Waals surface area contributed by atoms with Gasteiger partial charge in [0.15, 0.2) is 0 Å². The fourth-order valence-electron chi connectivity index (χ4n) is 1.68. The SMILES string of the molecule is CCC(C(N)=O)c1cccc(OC(C)C)c1. The molecule has 0 spiro atoms.